The third kappa shape index (κ3) is 4.95. The largest absolute Gasteiger partial charge is 0.386 e. The van der Waals surface area contributed by atoms with E-state index in [-0.39, 0.29) is 12.7 Å². The fourth-order valence-electron chi connectivity index (χ4n) is 0.270. The van der Waals surface area contributed by atoms with Gasteiger partial charge in [0, 0.05) is 0 Å². The highest BCUT2D eigenvalue weighted by Gasteiger charge is 2.02. The molecule has 0 saturated heterocycles. The molecule has 0 saturated carbocycles. The third-order valence-corrected chi connectivity index (χ3v) is 0.599. The van der Waals surface area contributed by atoms with Gasteiger partial charge in [-0.05, 0) is 0 Å². The van der Waals surface area contributed by atoms with Crippen LogP contribution < -0.4 is 0 Å². The van der Waals surface area contributed by atoms with Crippen LogP contribution in [-0.2, 0) is 14.3 Å². The van der Waals surface area contributed by atoms with E-state index in [0.29, 0.717) is 12.2 Å². The lowest BCUT2D eigenvalue weighted by molar-refractivity contribution is -0.152. The lowest BCUT2D eigenvalue weighted by Gasteiger charge is -1.90. The van der Waals surface area contributed by atoms with Crippen LogP contribution in [-0.4, -0.2) is 11.9 Å². The van der Waals surface area contributed by atoms with E-state index in [4.69, 9.17) is 0 Å². The average molecular weight is 162 g/mol. The molecule has 0 bridgehead atoms. The summed E-state index contributed by atoms with van der Waals surface area (Å²) in [6, 6.07) is 0. The summed E-state index contributed by atoms with van der Waals surface area (Å²) in [5, 5.41) is 0. The lowest BCUT2D eigenvalue weighted by atomic mass is 10.6. The van der Waals surface area contributed by atoms with Crippen LogP contribution in [0.15, 0.2) is 24.8 Å². The van der Waals surface area contributed by atoms with Crippen molar-refractivity contribution in [3.63, 3.8) is 0 Å². The van der Waals surface area contributed by atoms with Gasteiger partial charge in [0.05, 0.1) is 24.8 Å². The van der Waals surface area contributed by atoms with Crippen molar-refractivity contribution in [2.24, 2.45) is 0 Å². The molecule has 0 N–H and O–H groups in total. The first-order valence-corrected chi connectivity index (χ1v) is 2.50. The predicted octanol–water partition coefficient (Wildman–Crippen LogP) is 1.02. The quantitative estimate of drug-likeness (QED) is 0.346. The maximum absolute atomic E-state index is 11.2. The molecule has 0 spiro atoms. The van der Waals surface area contributed by atoms with Crippen molar-refractivity contribution in [3.05, 3.63) is 24.8 Å². The van der Waals surface area contributed by atoms with Gasteiger partial charge in [-0.3, -0.25) is 0 Å². The Hall–Kier alpha value is -1.52. The van der Waals surface area contributed by atoms with Gasteiger partial charge in [-0.1, -0.05) is 0 Å². The predicted molar refractivity (Wildman–Crippen MR) is 31.6 cm³/mol. The first-order chi connectivity index (χ1) is 5.20. The summed E-state index contributed by atoms with van der Waals surface area (Å²) < 4.78 is 26.2. The lowest BCUT2D eigenvalue weighted by Crippen LogP contribution is -2.06. The summed E-state index contributed by atoms with van der Waals surface area (Å²) >= 11 is 0. The number of carbonyl (C=O) groups excluding carboxylic acids is 2. The van der Waals surface area contributed by atoms with Crippen molar-refractivity contribution >= 4 is 11.9 Å². The van der Waals surface area contributed by atoms with E-state index >= 15 is 0 Å². The molecule has 0 unspecified atom stereocenters. The summed E-state index contributed by atoms with van der Waals surface area (Å²) in [6.07, 6.45) is 0.609. The number of hydrogen-bond acceptors (Lipinski definition) is 3. The van der Waals surface area contributed by atoms with Gasteiger partial charge in [0.1, 0.15) is 0 Å². The maximum atomic E-state index is 11.2. The number of esters is 2. The van der Waals surface area contributed by atoms with Crippen LogP contribution >= 0.6 is 0 Å². The van der Waals surface area contributed by atoms with E-state index < -0.39 is 11.9 Å². The van der Waals surface area contributed by atoms with E-state index in [0.717, 1.165) is 0 Å². The van der Waals surface area contributed by atoms with Gasteiger partial charge < -0.3 is 4.74 Å². The Labute approximate surface area is 61.0 Å². The molecular formula is C6H4F2O3. The zero-order chi connectivity index (χ0) is 8.69. The van der Waals surface area contributed by atoms with Crippen molar-refractivity contribution in [3.8, 4) is 0 Å². The second kappa shape index (κ2) is 5.28. The van der Waals surface area contributed by atoms with Crippen molar-refractivity contribution in [1.82, 2.24) is 0 Å². The molecule has 0 aromatic rings. The van der Waals surface area contributed by atoms with Crippen molar-refractivity contribution in [2.75, 3.05) is 0 Å². The van der Waals surface area contributed by atoms with Crippen LogP contribution in [0, 0.1) is 0 Å². The summed E-state index contributed by atoms with van der Waals surface area (Å²) in [6.45, 7) is 0. The van der Waals surface area contributed by atoms with E-state index in [2.05, 4.69) is 4.74 Å². The van der Waals surface area contributed by atoms with Crippen LogP contribution in [0.4, 0.5) is 8.78 Å². The Morgan fingerprint density at radius 3 is 1.64 bits per heavy atom. The van der Waals surface area contributed by atoms with E-state index in [1.165, 1.54) is 0 Å². The molecule has 3 nitrogen and oxygen atoms in total. The minimum atomic E-state index is -1.18. The number of hydrogen-bond donors (Lipinski definition) is 0. The molecule has 0 aliphatic carbocycles. The molecule has 0 radical (unpaired) electrons. The molecule has 0 fully saturated rings. The van der Waals surface area contributed by atoms with Gasteiger partial charge >= 0.3 is 11.9 Å². The highest BCUT2D eigenvalue weighted by Crippen LogP contribution is 1.86. The number of ether oxygens (including phenoxy) is 1. The number of rotatable bonds is 2. The van der Waals surface area contributed by atoms with E-state index in [9.17, 15) is 18.4 Å². The number of halogens is 2. The SMILES string of the molecule is O=C(C=CF)OC(=O)C=CF. The molecule has 0 aromatic carbocycles. The molecule has 0 aromatic heterocycles. The minimum absolute atomic E-state index is 0.0885. The van der Waals surface area contributed by atoms with Crippen LogP contribution in [0.25, 0.3) is 0 Å². The Morgan fingerprint density at radius 1 is 1.00 bits per heavy atom. The van der Waals surface area contributed by atoms with Crippen LogP contribution in [0.3, 0.4) is 0 Å². The smallest absolute Gasteiger partial charge is 0.340 e. The minimum Gasteiger partial charge on any atom is -0.386 e. The van der Waals surface area contributed by atoms with Crippen molar-refractivity contribution < 1.29 is 23.1 Å². The zero-order valence-corrected chi connectivity index (χ0v) is 5.29. The van der Waals surface area contributed by atoms with Crippen LogP contribution in [0.5, 0.6) is 0 Å². The van der Waals surface area contributed by atoms with Gasteiger partial charge in [-0.2, -0.15) is 0 Å². The van der Waals surface area contributed by atoms with E-state index in [1.807, 2.05) is 0 Å². The fraction of sp³-hybridized carbons (Fsp3) is 0. The Morgan fingerprint density at radius 2 is 1.36 bits per heavy atom. The highest BCUT2D eigenvalue weighted by molar-refractivity contribution is 5.96. The summed E-state index contributed by atoms with van der Waals surface area (Å²) in [5.41, 5.74) is 0. The summed E-state index contributed by atoms with van der Waals surface area (Å²) in [7, 11) is 0. The molecule has 11 heavy (non-hydrogen) atoms. The molecule has 5 heteroatoms. The summed E-state index contributed by atoms with van der Waals surface area (Å²) in [5.74, 6) is -2.37. The molecule has 0 rings (SSSR count). The second-order valence-electron chi connectivity index (χ2n) is 1.33. The molecule has 0 aliphatic rings. The van der Waals surface area contributed by atoms with Crippen LogP contribution in [0.1, 0.15) is 0 Å². The molecule has 0 atom stereocenters. The van der Waals surface area contributed by atoms with Gasteiger partial charge in [0.25, 0.3) is 0 Å². The molecular weight excluding hydrogens is 158 g/mol. The highest BCUT2D eigenvalue weighted by atomic mass is 19.1. The Balaban J connectivity index is 3.85. The second-order valence-corrected chi connectivity index (χ2v) is 1.33. The Kier molecular flexibility index (Phi) is 4.55. The first kappa shape index (κ1) is 9.48. The van der Waals surface area contributed by atoms with Crippen LogP contribution in [0.2, 0.25) is 0 Å². The standard InChI is InChI=1S/C6H4F2O3/c7-3-1-5(9)11-6(10)2-4-8/h1-4H. The molecule has 0 heterocycles. The third-order valence-electron chi connectivity index (χ3n) is 0.599. The fourth-order valence-corrected chi connectivity index (χ4v) is 0.270. The number of carbonyl (C=O) groups is 2. The van der Waals surface area contributed by atoms with Gasteiger partial charge in [0.2, 0.25) is 0 Å². The van der Waals surface area contributed by atoms with Gasteiger partial charge in [0.15, 0.2) is 0 Å². The van der Waals surface area contributed by atoms with Gasteiger partial charge in [-0.15, -0.1) is 0 Å². The van der Waals surface area contributed by atoms with Gasteiger partial charge in [-0.25, -0.2) is 18.4 Å². The monoisotopic (exact) mass is 162 g/mol. The Bertz CT molecular complexity index is 186. The summed E-state index contributed by atoms with van der Waals surface area (Å²) in [4.78, 5) is 20.4. The maximum Gasteiger partial charge on any atom is 0.340 e. The van der Waals surface area contributed by atoms with Crippen molar-refractivity contribution in [1.29, 1.82) is 0 Å². The normalized spacial score (nSPS) is 10.7. The first-order valence-electron chi connectivity index (χ1n) is 2.50. The molecule has 60 valence electrons. The topological polar surface area (TPSA) is 43.4 Å². The average Bonchev–Trinajstić information content (AvgIpc) is 1.87. The zero-order valence-electron chi connectivity index (χ0n) is 5.29. The van der Waals surface area contributed by atoms with E-state index in [1.54, 1.807) is 0 Å². The van der Waals surface area contributed by atoms with Crippen molar-refractivity contribution in [2.45, 2.75) is 0 Å². The molecule has 0 amide bonds. The molecule has 0 aliphatic heterocycles.